The van der Waals surface area contributed by atoms with E-state index in [1.165, 1.54) is 0 Å². The number of carboxylic acid groups (broad SMARTS) is 1. The third-order valence-electron chi connectivity index (χ3n) is 3.62. The van der Waals surface area contributed by atoms with E-state index in [0.717, 1.165) is 11.3 Å². The zero-order valence-electron chi connectivity index (χ0n) is 11.4. The van der Waals surface area contributed by atoms with E-state index in [0.29, 0.717) is 18.8 Å². The standard InChI is InChI=1S/C17H16O4/c18-17(19)16(21-12-6-2-1-3-7-12)14-10-11-20-15-9-5-4-8-13(14)15/h1-9,14,16H,10-11H2,(H,18,19). The van der Waals surface area contributed by atoms with E-state index in [2.05, 4.69) is 0 Å². The molecule has 0 amide bonds. The Morgan fingerprint density at radius 2 is 1.86 bits per heavy atom. The summed E-state index contributed by atoms with van der Waals surface area (Å²) < 4.78 is 11.3. The molecule has 2 atom stereocenters. The van der Waals surface area contributed by atoms with Crippen LogP contribution in [0.25, 0.3) is 0 Å². The zero-order chi connectivity index (χ0) is 14.7. The number of aliphatic carboxylic acids is 1. The number of fused-ring (bicyclic) bond motifs is 1. The van der Waals surface area contributed by atoms with Gasteiger partial charge in [-0.3, -0.25) is 0 Å². The van der Waals surface area contributed by atoms with Crippen molar-refractivity contribution < 1.29 is 19.4 Å². The molecule has 0 spiro atoms. The van der Waals surface area contributed by atoms with Crippen molar-refractivity contribution in [3.8, 4) is 11.5 Å². The van der Waals surface area contributed by atoms with Crippen LogP contribution < -0.4 is 9.47 Å². The first-order valence-electron chi connectivity index (χ1n) is 6.92. The van der Waals surface area contributed by atoms with Crippen molar-refractivity contribution >= 4 is 5.97 Å². The van der Waals surface area contributed by atoms with Gasteiger partial charge in [0.1, 0.15) is 11.5 Å². The molecular formula is C17H16O4. The normalized spacial score (nSPS) is 18.2. The maximum Gasteiger partial charge on any atom is 0.345 e. The first-order chi connectivity index (χ1) is 10.3. The second-order valence-electron chi connectivity index (χ2n) is 4.97. The predicted molar refractivity (Wildman–Crippen MR) is 77.8 cm³/mol. The maximum absolute atomic E-state index is 11.6. The Hall–Kier alpha value is -2.49. The van der Waals surface area contributed by atoms with Crippen LogP contribution in [0.3, 0.4) is 0 Å². The predicted octanol–water partition coefficient (Wildman–Crippen LogP) is 3.08. The van der Waals surface area contributed by atoms with E-state index in [1.54, 1.807) is 12.1 Å². The minimum absolute atomic E-state index is 0.215. The van der Waals surface area contributed by atoms with Gasteiger partial charge in [0.2, 0.25) is 6.10 Å². The Balaban J connectivity index is 1.90. The fraction of sp³-hybridized carbons (Fsp3) is 0.235. The third kappa shape index (κ3) is 2.84. The third-order valence-corrected chi connectivity index (χ3v) is 3.62. The van der Waals surface area contributed by atoms with Gasteiger partial charge in [0.25, 0.3) is 0 Å². The summed E-state index contributed by atoms with van der Waals surface area (Å²) in [7, 11) is 0. The summed E-state index contributed by atoms with van der Waals surface area (Å²) in [5.41, 5.74) is 0.895. The van der Waals surface area contributed by atoms with E-state index in [1.807, 2.05) is 42.5 Å². The summed E-state index contributed by atoms with van der Waals surface area (Å²) in [6.07, 6.45) is -0.293. The van der Waals surface area contributed by atoms with E-state index in [9.17, 15) is 9.90 Å². The molecule has 2 unspecified atom stereocenters. The Morgan fingerprint density at radius 3 is 2.62 bits per heavy atom. The lowest BCUT2D eigenvalue weighted by molar-refractivity contribution is -0.146. The monoisotopic (exact) mass is 284 g/mol. The fourth-order valence-electron chi connectivity index (χ4n) is 2.63. The summed E-state index contributed by atoms with van der Waals surface area (Å²) in [4.78, 5) is 11.6. The Morgan fingerprint density at radius 1 is 1.14 bits per heavy atom. The van der Waals surface area contributed by atoms with Gasteiger partial charge in [0.15, 0.2) is 0 Å². The van der Waals surface area contributed by atoms with Crippen LogP contribution in [0.4, 0.5) is 0 Å². The molecular weight excluding hydrogens is 268 g/mol. The van der Waals surface area contributed by atoms with Crippen LogP contribution in [0, 0.1) is 0 Å². The van der Waals surface area contributed by atoms with Crippen LogP contribution in [-0.2, 0) is 4.79 Å². The molecule has 1 aliphatic rings. The van der Waals surface area contributed by atoms with Crippen molar-refractivity contribution in [1.82, 2.24) is 0 Å². The average molecular weight is 284 g/mol. The summed E-state index contributed by atoms with van der Waals surface area (Å²) in [6.45, 7) is 0.504. The second-order valence-corrected chi connectivity index (χ2v) is 4.97. The lowest BCUT2D eigenvalue weighted by Crippen LogP contribution is -2.36. The van der Waals surface area contributed by atoms with Gasteiger partial charge >= 0.3 is 5.97 Å². The molecule has 1 heterocycles. The van der Waals surface area contributed by atoms with E-state index >= 15 is 0 Å². The number of hydrogen-bond acceptors (Lipinski definition) is 3. The highest BCUT2D eigenvalue weighted by Gasteiger charge is 2.35. The van der Waals surface area contributed by atoms with Crippen LogP contribution in [0.1, 0.15) is 17.9 Å². The first-order valence-corrected chi connectivity index (χ1v) is 6.92. The highest BCUT2D eigenvalue weighted by Crippen LogP contribution is 2.37. The Bertz CT molecular complexity index is 624. The molecule has 0 saturated carbocycles. The molecule has 0 bridgehead atoms. The molecule has 0 saturated heterocycles. The minimum Gasteiger partial charge on any atom is -0.493 e. The highest BCUT2D eigenvalue weighted by molar-refractivity contribution is 5.74. The van der Waals surface area contributed by atoms with Crippen molar-refractivity contribution in [3.05, 3.63) is 60.2 Å². The summed E-state index contributed by atoms with van der Waals surface area (Å²) in [5.74, 6) is 0.138. The van der Waals surface area contributed by atoms with Gasteiger partial charge in [-0.1, -0.05) is 36.4 Å². The number of benzene rings is 2. The van der Waals surface area contributed by atoms with Gasteiger partial charge in [0.05, 0.1) is 6.61 Å². The molecule has 4 heteroatoms. The lowest BCUT2D eigenvalue weighted by Gasteiger charge is -2.30. The molecule has 21 heavy (non-hydrogen) atoms. The number of para-hydroxylation sites is 2. The maximum atomic E-state index is 11.6. The molecule has 108 valence electrons. The van der Waals surface area contributed by atoms with Crippen LogP contribution in [0.15, 0.2) is 54.6 Å². The number of ether oxygens (including phenoxy) is 2. The topological polar surface area (TPSA) is 55.8 Å². The Labute approximate surface area is 122 Å². The molecule has 1 N–H and O–H groups in total. The van der Waals surface area contributed by atoms with E-state index in [-0.39, 0.29) is 5.92 Å². The van der Waals surface area contributed by atoms with Crippen molar-refractivity contribution in [2.45, 2.75) is 18.4 Å². The van der Waals surface area contributed by atoms with Crippen molar-refractivity contribution in [1.29, 1.82) is 0 Å². The SMILES string of the molecule is O=C(O)C(Oc1ccccc1)C1CCOc2ccccc21. The quantitative estimate of drug-likeness (QED) is 0.937. The molecule has 3 rings (SSSR count). The van der Waals surface area contributed by atoms with Gasteiger partial charge in [-0.15, -0.1) is 0 Å². The van der Waals surface area contributed by atoms with Gasteiger partial charge in [0, 0.05) is 11.5 Å². The van der Waals surface area contributed by atoms with Gasteiger partial charge < -0.3 is 14.6 Å². The van der Waals surface area contributed by atoms with Crippen molar-refractivity contribution in [2.24, 2.45) is 0 Å². The fourth-order valence-corrected chi connectivity index (χ4v) is 2.63. The molecule has 0 aromatic heterocycles. The van der Waals surface area contributed by atoms with Crippen LogP contribution >= 0.6 is 0 Å². The van der Waals surface area contributed by atoms with Gasteiger partial charge in [-0.2, -0.15) is 0 Å². The molecule has 2 aromatic carbocycles. The number of rotatable bonds is 4. The molecule has 0 radical (unpaired) electrons. The van der Waals surface area contributed by atoms with Crippen molar-refractivity contribution in [3.63, 3.8) is 0 Å². The zero-order valence-corrected chi connectivity index (χ0v) is 11.4. The summed E-state index contributed by atoms with van der Waals surface area (Å²) in [6, 6.07) is 16.6. The Kier molecular flexibility index (Phi) is 3.77. The van der Waals surface area contributed by atoms with Crippen LogP contribution in [-0.4, -0.2) is 23.8 Å². The smallest absolute Gasteiger partial charge is 0.345 e. The van der Waals surface area contributed by atoms with Crippen LogP contribution in [0.5, 0.6) is 11.5 Å². The lowest BCUT2D eigenvalue weighted by atomic mass is 9.88. The number of hydrogen-bond donors (Lipinski definition) is 1. The number of carbonyl (C=O) groups is 1. The second kappa shape index (κ2) is 5.87. The van der Waals surface area contributed by atoms with E-state index < -0.39 is 12.1 Å². The van der Waals surface area contributed by atoms with Crippen molar-refractivity contribution in [2.75, 3.05) is 6.61 Å². The summed E-state index contributed by atoms with van der Waals surface area (Å²) >= 11 is 0. The minimum atomic E-state index is -0.958. The summed E-state index contributed by atoms with van der Waals surface area (Å²) in [5, 5.41) is 9.55. The highest BCUT2D eigenvalue weighted by atomic mass is 16.5. The van der Waals surface area contributed by atoms with Gasteiger partial charge in [-0.05, 0) is 24.6 Å². The van der Waals surface area contributed by atoms with Crippen LogP contribution in [0.2, 0.25) is 0 Å². The molecule has 0 aliphatic carbocycles. The average Bonchev–Trinajstić information content (AvgIpc) is 2.53. The van der Waals surface area contributed by atoms with E-state index in [4.69, 9.17) is 9.47 Å². The largest absolute Gasteiger partial charge is 0.493 e. The number of carboxylic acids is 1. The van der Waals surface area contributed by atoms with Gasteiger partial charge in [-0.25, -0.2) is 4.79 Å². The molecule has 1 aliphatic heterocycles. The molecule has 0 fully saturated rings. The molecule has 4 nitrogen and oxygen atoms in total. The molecule has 2 aromatic rings. The first kappa shape index (κ1) is 13.5.